The average molecular weight is 123 g/mol. The highest BCUT2D eigenvalue weighted by Crippen LogP contribution is 2.08. The first kappa shape index (κ1) is 1.50. The summed E-state index contributed by atoms with van der Waals surface area (Å²) in [5.41, 5.74) is -2.83. The molecule has 0 unspecified atom stereocenters. The van der Waals surface area contributed by atoms with Gasteiger partial charge in [-0.15, -0.1) is 0 Å². The van der Waals surface area contributed by atoms with Gasteiger partial charge < -0.3 is 10.1 Å². The van der Waals surface area contributed by atoms with E-state index in [1.165, 1.54) is 0 Å². The lowest BCUT2D eigenvalue weighted by atomic mass is 10.1. The molecule has 1 N–H and O–H groups in total. The van der Waals surface area contributed by atoms with E-state index < -0.39 is 25.8 Å². The molecule has 0 aliphatic carbocycles. The lowest BCUT2D eigenvalue weighted by molar-refractivity contribution is -0.0384. The van der Waals surface area contributed by atoms with E-state index in [1.807, 2.05) is 0 Å². The number of morpholine rings is 1. The molecular formula is C6H13NO. The molecule has 48 valence electrons. The standard InChI is InChI=1S/C6H13NO/c1-6(2)5-7-3-4-8-6/h7H,3-5H2,1-2H3/i1D3,2D3,5D2. The molecule has 1 aliphatic heterocycles. The van der Waals surface area contributed by atoms with Crippen molar-refractivity contribution < 1.29 is 15.7 Å². The number of ether oxygens (including phenoxy) is 1. The van der Waals surface area contributed by atoms with Crippen LogP contribution in [0, 0.1) is 0 Å². The molecular weight excluding hydrogens is 102 g/mol. The van der Waals surface area contributed by atoms with Crippen molar-refractivity contribution in [2.24, 2.45) is 0 Å². The highest BCUT2D eigenvalue weighted by atomic mass is 16.5. The minimum atomic E-state index is -3.09. The molecule has 1 fully saturated rings. The van der Waals surface area contributed by atoms with E-state index in [9.17, 15) is 0 Å². The molecule has 0 aromatic heterocycles. The SMILES string of the molecule is [2H]C([2H])([2H])C1(C([2H])([2H])[2H])OCCNC1([2H])[2H]. The monoisotopic (exact) mass is 123 g/mol. The fourth-order valence-electron chi connectivity index (χ4n) is 0.478. The van der Waals surface area contributed by atoms with Gasteiger partial charge >= 0.3 is 0 Å². The summed E-state index contributed by atoms with van der Waals surface area (Å²) in [5.74, 6) is 0. The highest BCUT2D eigenvalue weighted by Gasteiger charge is 2.20. The molecule has 1 aliphatic rings. The number of hydrogen-bond acceptors (Lipinski definition) is 2. The molecule has 0 atom stereocenters. The average Bonchev–Trinajstić information content (AvgIpc) is 1.97. The van der Waals surface area contributed by atoms with Gasteiger partial charge in [-0.3, -0.25) is 0 Å². The predicted molar refractivity (Wildman–Crippen MR) is 32.9 cm³/mol. The Labute approximate surface area is 61.5 Å². The van der Waals surface area contributed by atoms with Crippen LogP contribution in [0.4, 0.5) is 0 Å². The summed E-state index contributed by atoms with van der Waals surface area (Å²) in [5, 5.41) is 2.25. The molecule has 0 amide bonds. The van der Waals surface area contributed by atoms with Crippen LogP contribution in [-0.4, -0.2) is 25.2 Å². The first-order valence-corrected chi connectivity index (χ1v) is 2.35. The summed E-state index contributed by atoms with van der Waals surface area (Å²) in [7, 11) is 0. The third kappa shape index (κ3) is 1.46. The van der Waals surface area contributed by atoms with E-state index in [0.717, 1.165) is 0 Å². The van der Waals surface area contributed by atoms with Crippen molar-refractivity contribution >= 4 is 0 Å². The van der Waals surface area contributed by atoms with Gasteiger partial charge in [-0.1, -0.05) is 0 Å². The maximum absolute atomic E-state index is 7.55. The Bertz CT molecular complexity index is 255. The highest BCUT2D eigenvalue weighted by molar-refractivity contribution is 4.75. The number of nitrogens with one attached hydrogen (secondary N) is 1. The zero-order valence-electron chi connectivity index (χ0n) is 12.3. The second-order valence-corrected chi connectivity index (χ2v) is 1.58. The van der Waals surface area contributed by atoms with Crippen LogP contribution in [0.3, 0.4) is 0 Å². The Balaban J connectivity index is 3.34. The van der Waals surface area contributed by atoms with Crippen molar-refractivity contribution in [3.8, 4) is 0 Å². The first-order valence-electron chi connectivity index (χ1n) is 6.35. The summed E-state index contributed by atoms with van der Waals surface area (Å²) < 4.78 is 63.5. The van der Waals surface area contributed by atoms with Crippen LogP contribution in [0.25, 0.3) is 0 Å². The number of rotatable bonds is 0. The smallest absolute Gasteiger partial charge is 0.0750 e. The van der Waals surface area contributed by atoms with Gasteiger partial charge in [0.15, 0.2) is 0 Å². The van der Waals surface area contributed by atoms with E-state index in [1.54, 1.807) is 0 Å². The summed E-state index contributed by atoms with van der Waals surface area (Å²) in [4.78, 5) is 0. The molecule has 0 radical (unpaired) electrons. The minimum Gasteiger partial charge on any atom is -0.373 e. The molecule has 2 nitrogen and oxygen atoms in total. The zero-order chi connectivity index (χ0) is 12.8. The van der Waals surface area contributed by atoms with Crippen molar-refractivity contribution in [2.45, 2.75) is 19.3 Å². The molecule has 1 heterocycles. The Morgan fingerprint density at radius 1 is 1.88 bits per heavy atom. The molecule has 2 heteroatoms. The van der Waals surface area contributed by atoms with Crippen molar-refractivity contribution in [1.29, 1.82) is 0 Å². The summed E-state index contributed by atoms with van der Waals surface area (Å²) in [6.07, 6.45) is 0. The van der Waals surface area contributed by atoms with Gasteiger partial charge in [-0.05, 0) is 13.7 Å². The summed E-state index contributed by atoms with van der Waals surface area (Å²) in [6.45, 7) is -8.90. The topological polar surface area (TPSA) is 21.3 Å². The van der Waals surface area contributed by atoms with Crippen LogP contribution in [0.15, 0.2) is 0 Å². The Morgan fingerprint density at radius 3 is 3.25 bits per heavy atom. The Morgan fingerprint density at radius 2 is 2.75 bits per heavy atom. The second-order valence-electron chi connectivity index (χ2n) is 1.58. The molecule has 0 aromatic carbocycles. The van der Waals surface area contributed by atoms with Gasteiger partial charge in [0.2, 0.25) is 0 Å². The third-order valence-electron chi connectivity index (χ3n) is 0.810. The van der Waals surface area contributed by atoms with E-state index >= 15 is 0 Å². The molecule has 0 saturated carbocycles. The molecule has 1 saturated heterocycles. The van der Waals surface area contributed by atoms with Crippen LogP contribution < -0.4 is 5.32 Å². The van der Waals surface area contributed by atoms with E-state index in [-0.39, 0.29) is 13.2 Å². The van der Waals surface area contributed by atoms with Crippen LogP contribution in [-0.2, 0) is 4.74 Å². The van der Waals surface area contributed by atoms with Crippen molar-refractivity contribution in [3.05, 3.63) is 0 Å². The van der Waals surface area contributed by atoms with Gasteiger partial charge in [0.1, 0.15) is 0 Å². The van der Waals surface area contributed by atoms with Crippen molar-refractivity contribution in [1.82, 2.24) is 5.32 Å². The maximum Gasteiger partial charge on any atom is 0.0750 e. The lowest BCUT2D eigenvalue weighted by Crippen LogP contribution is -2.45. The van der Waals surface area contributed by atoms with Crippen molar-refractivity contribution in [2.75, 3.05) is 19.6 Å². The van der Waals surface area contributed by atoms with Crippen LogP contribution in [0.1, 0.15) is 24.7 Å². The fraction of sp³-hybridized carbons (Fsp3) is 1.00. The Hall–Kier alpha value is -0.0800. The van der Waals surface area contributed by atoms with Gasteiger partial charge in [-0.2, -0.15) is 0 Å². The summed E-state index contributed by atoms with van der Waals surface area (Å²) >= 11 is 0. The van der Waals surface area contributed by atoms with Crippen molar-refractivity contribution in [3.63, 3.8) is 0 Å². The molecule has 1 rings (SSSR count). The van der Waals surface area contributed by atoms with Gasteiger partial charge in [0.25, 0.3) is 0 Å². The molecule has 8 heavy (non-hydrogen) atoms. The quantitative estimate of drug-likeness (QED) is 0.503. The maximum atomic E-state index is 7.55. The van der Waals surface area contributed by atoms with E-state index in [4.69, 9.17) is 15.7 Å². The number of hydrogen-bond donors (Lipinski definition) is 1. The Kier molecular flexibility index (Phi) is 0.380. The lowest BCUT2D eigenvalue weighted by Gasteiger charge is -2.30. The summed E-state index contributed by atoms with van der Waals surface area (Å²) in [6, 6.07) is 0. The second kappa shape index (κ2) is 2.03. The first-order chi connectivity index (χ1) is 6.96. The van der Waals surface area contributed by atoms with E-state index in [0.29, 0.717) is 0 Å². The van der Waals surface area contributed by atoms with Crippen LogP contribution in [0.5, 0.6) is 0 Å². The largest absolute Gasteiger partial charge is 0.373 e. The molecule has 0 bridgehead atoms. The predicted octanol–water partition coefficient (Wildman–Crippen LogP) is 0.385. The normalized spacial score (nSPS) is 52.0. The fourth-order valence-corrected chi connectivity index (χ4v) is 0.478. The van der Waals surface area contributed by atoms with Crippen LogP contribution in [0.2, 0.25) is 0 Å². The minimum absolute atomic E-state index is 0.0703. The van der Waals surface area contributed by atoms with Gasteiger partial charge in [0, 0.05) is 24.0 Å². The zero-order valence-corrected chi connectivity index (χ0v) is 4.32. The third-order valence-corrected chi connectivity index (χ3v) is 0.810. The molecule has 0 aromatic rings. The van der Waals surface area contributed by atoms with Gasteiger partial charge in [0.05, 0.1) is 12.2 Å². The molecule has 0 spiro atoms. The van der Waals surface area contributed by atoms with Gasteiger partial charge in [-0.25, -0.2) is 0 Å². The van der Waals surface area contributed by atoms with Crippen LogP contribution >= 0.6 is 0 Å². The van der Waals surface area contributed by atoms with E-state index in [2.05, 4.69) is 5.32 Å².